The van der Waals surface area contributed by atoms with E-state index >= 15 is 0 Å². The van der Waals surface area contributed by atoms with Crippen molar-refractivity contribution in [2.24, 2.45) is 23.7 Å². The van der Waals surface area contributed by atoms with E-state index in [2.05, 4.69) is 54.2 Å². The third-order valence-corrected chi connectivity index (χ3v) is 16.1. The summed E-state index contributed by atoms with van der Waals surface area (Å²) in [6.07, 6.45) is 13.3. The zero-order valence-corrected chi connectivity index (χ0v) is 50.6. The maximum atomic E-state index is 13.3. The minimum absolute atomic E-state index is 0.192. The van der Waals surface area contributed by atoms with E-state index in [-0.39, 0.29) is 59.4 Å². The standard InChI is InChI=1S/C32H45N5O5.C32H43N5O5/c2*1-6-9-22-10-7-11-26-17-25-16-23(13-14-24(25)18-33-26)20(4)34-29(38)27-12-8-15-37(36-27)31(40)21(5)35-30(39)28(19(2)3)42-32(22)41/h13-14,16-22,27-28,36H,6-12,15H2,1-5H3,(H,34,38)(H,35,39);7,11,13-14,16-22,27-28,36H,6,8-10,12,15H2,1-5H3,(H,34,38)(H,35,39)/b;11-7+/t2*20-,21+,22-,27+,28+/m11/s1. The molecule has 4 aliphatic rings. The number of rotatable bonds is 6. The van der Waals surface area contributed by atoms with E-state index in [0.29, 0.717) is 70.9 Å². The van der Waals surface area contributed by atoms with Crippen LogP contribution in [0, 0.1) is 23.7 Å². The van der Waals surface area contributed by atoms with Gasteiger partial charge in [-0.2, -0.15) is 0 Å². The number of carbonyl (C=O) groups excluding carboxylic acids is 8. The number of benzene rings is 2. The molecule has 6 heterocycles. The number of ether oxygens (including phenoxy) is 2. The Morgan fingerprint density at radius 3 is 1.50 bits per heavy atom. The van der Waals surface area contributed by atoms with Gasteiger partial charge in [-0.1, -0.05) is 84.7 Å². The van der Waals surface area contributed by atoms with Gasteiger partial charge in [-0.25, -0.2) is 10.9 Å². The molecular weight excluding hydrogens is 1070 g/mol. The Labute approximate surface area is 494 Å². The van der Waals surface area contributed by atoms with E-state index in [1.807, 2.05) is 102 Å². The molecule has 454 valence electrons. The third-order valence-electron chi connectivity index (χ3n) is 16.1. The fourth-order valence-electron chi connectivity index (χ4n) is 11.1. The van der Waals surface area contributed by atoms with Crippen molar-refractivity contribution in [1.82, 2.24) is 52.1 Å². The van der Waals surface area contributed by atoms with E-state index in [9.17, 15) is 38.4 Å². The van der Waals surface area contributed by atoms with E-state index in [0.717, 1.165) is 63.3 Å². The van der Waals surface area contributed by atoms with Gasteiger partial charge in [-0.15, -0.1) is 0 Å². The molecule has 2 fully saturated rings. The molecule has 2 aromatic heterocycles. The second-order valence-electron chi connectivity index (χ2n) is 23.8. The first kappa shape index (κ1) is 64.2. The van der Waals surface area contributed by atoms with Crippen LogP contribution in [-0.2, 0) is 54.3 Å². The molecule has 20 heteroatoms. The predicted molar refractivity (Wildman–Crippen MR) is 320 cm³/mol. The summed E-state index contributed by atoms with van der Waals surface area (Å²) in [5.41, 5.74) is 9.72. The summed E-state index contributed by atoms with van der Waals surface area (Å²) < 4.78 is 11.6. The Morgan fingerprint density at radius 1 is 0.536 bits per heavy atom. The quantitative estimate of drug-likeness (QED) is 0.102. The Balaban J connectivity index is 0.000000241. The molecule has 2 saturated heterocycles. The summed E-state index contributed by atoms with van der Waals surface area (Å²) in [4.78, 5) is 115. The van der Waals surface area contributed by atoms with Gasteiger partial charge in [-0.3, -0.25) is 58.3 Å². The van der Waals surface area contributed by atoms with Crippen molar-refractivity contribution < 1.29 is 47.8 Å². The van der Waals surface area contributed by atoms with Crippen molar-refractivity contribution >= 4 is 75.0 Å². The van der Waals surface area contributed by atoms with Crippen LogP contribution in [0.3, 0.4) is 0 Å². The molecule has 84 heavy (non-hydrogen) atoms. The van der Waals surface area contributed by atoms with Crippen molar-refractivity contribution in [2.45, 2.75) is 195 Å². The highest BCUT2D eigenvalue weighted by molar-refractivity contribution is 5.93. The topological polar surface area (TPSA) is 259 Å². The van der Waals surface area contributed by atoms with Gasteiger partial charge < -0.3 is 30.7 Å². The number of pyridine rings is 2. The molecule has 6 amide bonds. The number of nitrogens with zero attached hydrogens (tertiary/aromatic N) is 4. The van der Waals surface area contributed by atoms with Crippen LogP contribution in [0.15, 0.2) is 67.0 Å². The molecule has 0 aliphatic carbocycles. The number of hydrogen-bond donors (Lipinski definition) is 6. The molecule has 0 saturated carbocycles. The lowest BCUT2D eigenvalue weighted by Gasteiger charge is -2.35. The number of esters is 2. The summed E-state index contributed by atoms with van der Waals surface area (Å²) in [6.45, 7) is 19.2. The number of amides is 6. The van der Waals surface area contributed by atoms with E-state index in [4.69, 9.17) is 9.47 Å². The second-order valence-corrected chi connectivity index (χ2v) is 23.8. The predicted octanol–water partition coefficient (Wildman–Crippen LogP) is 7.55. The SMILES string of the molecule is CCC[C@@H]1C/C=C/c2cc3cc(ccc3cn2)[C@@H](C)NC(=O)[C@@H]2CCCN(N2)C(=O)[C@H](C)NC(=O)[C@H](C(C)C)OC1=O.CCC[C@@H]1CCCc2cc3cc(ccc3cn2)[C@@H](C)NC(=O)[C@@H]2CCCN(N2)C(=O)[C@H](C)NC(=O)[C@H](C(C)C)OC1=O. The number of hydrazine groups is 2. The highest BCUT2D eigenvalue weighted by atomic mass is 16.6. The molecule has 6 N–H and O–H groups in total. The Morgan fingerprint density at radius 2 is 1.00 bits per heavy atom. The fourth-order valence-corrected chi connectivity index (χ4v) is 11.1. The highest BCUT2D eigenvalue weighted by Gasteiger charge is 2.37. The zero-order valence-electron chi connectivity index (χ0n) is 50.6. The van der Waals surface area contributed by atoms with Gasteiger partial charge in [-0.05, 0) is 156 Å². The molecule has 4 aromatic rings. The lowest BCUT2D eigenvalue weighted by molar-refractivity contribution is -0.163. The average molecular weight is 1160 g/mol. The Bertz CT molecular complexity index is 3040. The zero-order chi connectivity index (χ0) is 60.8. The van der Waals surface area contributed by atoms with Crippen LogP contribution in [0.1, 0.15) is 174 Å². The molecular formula is C64H88N10O10. The smallest absolute Gasteiger partial charge is 0.310 e. The normalized spacial score (nSPS) is 27.1. The molecule has 8 rings (SSSR count). The summed E-state index contributed by atoms with van der Waals surface area (Å²) in [5, 5.41) is 18.5. The number of aryl methyl sites for hydroxylation is 1. The third kappa shape index (κ3) is 16.9. The van der Waals surface area contributed by atoms with Crippen molar-refractivity contribution in [1.29, 1.82) is 0 Å². The summed E-state index contributed by atoms with van der Waals surface area (Å²) in [7, 11) is 0. The maximum Gasteiger partial charge on any atom is 0.310 e. The van der Waals surface area contributed by atoms with Crippen LogP contribution < -0.4 is 32.1 Å². The van der Waals surface area contributed by atoms with Gasteiger partial charge in [0.2, 0.25) is 11.8 Å². The van der Waals surface area contributed by atoms with Crippen molar-refractivity contribution in [3.63, 3.8) is 0 Å². The lowest BCUT2D eigenvalue weighted by Crippen LogP contribution is -2.61. The number of nitrogens with one attached hydrogen (secondary N) is 6. The van der Waals surface area contributed by atoms with Gasteiger partial charge in [0.15, 0.2) is 12.2 Å². The van der Waals surface area contributed by atoms with Gasteiger partial charge in [0.25, 0.3) is 23.6 Å². The van der Waals surface area contributed by atoms with Gasteiger partial charge in [0.05, 0.1) is 29.6 Å². The highest BCUT2D eigenvalue weighted by Crippen LogP contribution is 2.27. The lowest BCUT2D eigenvalue weighted by atomic mass is 9.95. The molecule has 10 atom stereocenters. The summed E-state index contributed by atoms with van der Waals surface area (Å²) in [5.74, 6) is -4.28. The second kappa shape index (κ2) is 30.0. The largest absolute Gasteiger partial charge is 0.452 e. The van der Waals surface area contributed by atoms with Crippen molar-refractivity contribution in [3.8, 4) is 0 Å². The van der Waals surface area contributed by atoms with Crippen molar-refractivity contribution in [3.05, 3.63) is 89.5 Å². The average Bonchev–Trinajstić information content (AvgIpc) is 3.56. The van der Waals surface area contributed by atoms with E-state index in [1.165, 1.54) is 10.0 Å². The number of cyclic esters (lactones) is 2. The van der Waals surface area contributed by atoms with Gasteiger partial charge >= 0.3 is 11.9 Å². The molecule has 20 nitrogen and oxygen atoms in total. The first-order valence-corrected chi connectivity index (χ1v) is 30.4. The molecule has 0 unspecified atom stereocenters. The van der Waals surface area contributed by atoms with Gasteiger partial charge in [0, 0.05) is 41.9 Å². The number of fused-ring (bicyclic) bond motifs is 8. The van der Waals surface area contributed by atoms with Crippen molar-refractivity contribution in [2.75, 3.05) is 13.1 Å². The minimum atomic E-state index is -1.04. The number of hydrogen-bond acceptors (Lipinski definition) is 14. The molecule has 4 aliphatic heterocycles. The van der Waals surface area contributed by atoms with E-state index in [1.54, 1.807) is 27.7 Å². The van der Waals surface area contributed by atoms with E-state index < -0.39 is 60.1 Å². The number of carbonyl (C=O) groups is 8. The summed E-state index contributed by atoms with van der Waals surface area (Å²) in [6, 6.07) is 12.7. The number of aromatic nitrogens is 2. The molecule has 10 bridgehead atoms. The molecule has 0 spiro atoms. The van der Waals surface area contributed by atoms with Crippen LogP contribution in [0.5, 0.6) is 0 Å². The molecule has 2 aromatic carbocycles. The van der Waals surface area contributed by atoms with Crippen LogP contribution in [0.4, 0.5) is 0 Å². The number of allylic oxidation sites excluding steroid dienone is 1. The molecule has 0 radical (unpaired) electrons. The van der Waals surface area contributed by atoms with Crippen LogP contribution in [0.2, 0.25) is 0 Å². The van der Waals surface area contributed by atoms with Gasteiger partial charge in [0.1, 0.15) is 24.2 Å². The van der Waals surface area contributed by atoms with Crippen LogP contribution in [-0.4, -0.2) is 117 Å². The maximum absolute atomic E-state index is 13.3. The minimum Gasteiger partial charge on any atom is -0.452 e. The summed E-state index contributed by atoms with van der Waals surface area (Å²) >= 11 is 0. The van der Waals surface area contributed by atoms with Crippen LogP contribution in [0.25, 0.3) is 27.6 Å². The monoisotopic (exact) mass is 1160 g/mol. The van der Waals surface area contributed by atoms with Crippen LogP contribution >= 0.6 is 0 Å². The first-order valence-electron chi connectivity index (χ1n) is 30.4. The first-order chi connectivity index (χ1) is 40.1. The Hall–Kier alpha value is -7.32. The Kier molecular flexibility index (Phi) is 22.9. The fraction of sp³-hybridized carbons (Fsp3) is 0.562.